The van der Waals surface area contributed by atoms with Crippen LogP contribution in [0.1, 0.15) is 11.7 Å². The number of aliphatic hydroxyl groups is 1. The standard InChI is InChI=1S/C9H11BrO2S/c1-12-9-3-2-6(4-7(9)10)8(11)5-13/h2-4,8,11,13H,5H2,1H3. The van der Waals surface area contributed by atoms with E-state index in [-0.39, 0.29) is 0 Å². The Bertz CT molecular complexity index is 291. The minimum atomic E-state index is -0.523. The molecule has 0 saturated heterocycles. The molecular weight excluding hydrogens is 252 g/mol. The van der Waals surface area contributed by atoms with E-state index in [1.165, 1.54) is 0 Å². The van der Waals surface area contributed by atoms with Gasteiger partial charge in [-0.15, -0.1) is 0 Å². The molecule has 1 aromatic rings. The molecule has 2 nitrogen and oxygen atoms in total. The van der Waals surface area contributed by atoms with Crippen LogP contribution >= 0.6 is 28.6 Å². The minimum absolute atomic E-state index is 0.415. The van der Waals surface area contributed by atoms with Gasteiger partial charge in [-0.1, -0.05) is 6.07 Å². The summed E-state index contributed by atoms with van der Waals surface area (Å²) < 4.78 is 5.91. The van der Waals surface area contributed by atoms with Gasteiger partial charge in [0.15, 0.2) is 0 Å². The third-order valence-electron chi connectivity index (χ3n) is 1.73. The fourth-order valence-electron chi connectivity index (χ4n) is 0.995. The summed E-state index contributed by atoms with van der Waals surface area (Å²) in [6.45, 7) is 0. The Morgan fingerprint density at radius 2 is 2.31 bits per heavy atom. The van der Waals surface area contributed by atoms with Crippen LogP contribution in [0, 0.1) is 0 Å². The summed E-state index contributed by atoms with van der Waals surface area (Å²) in [5.74, 6) is 1.17. The predicted molar refractivity (Wildman–Crippen MR) is 59.5 cm³/mol. The third kappa shape index (κ3) is 2.62. The predicted octanol–water partition coefficient (Wildman–Crippen LogP) is 2.42. The molecule has 0 aromatic heterocycles. The lowest BCUT2D eigenvalue weighted by Gasteiger charge is -2.09. The molecule has 0 radical (unpaired) electrons. The Labute approximate surface area is 91.5 Å². The zero-order valence-electron chi connectivity index (χ0n) is 7.20. The molecule has 0 aliphatic carbocycles. The molecule has 1 aromatic carbocycles. The van der Waals surface area contributed by atoms with Crippen molar-refractivity contribution in [1.82, 2.24) is 0 Å². The maximum Gasteiger partial charge on any atom is 0.133 e. The smallest absolute Gasteiger partial charge is 0.133 e. The van der Waals surface area contributed by atoms with Crippen molar-refractivity contribution in [2.75, 3.05) is 12.9 Å². The second kappa shape index (κ2) is 4.88. The maximum absolute atomic E-state index is 9.48. The van der Waals surface area contributed by atoms with Gasteiger partial charge in [0.25, 0.3) is 0 Å². The van der Waals surface area contributed by atoms with Crippen LogP contribution in [0.2, 0.25) is 0 Å². The van der Waals surface area contributed by atoms with Gasteiger partial charge >= 0.3 is 0 Å². The van der Waals surface area contributed by atoms with E-state index in [9.17, 15) is 5.11 Å². The Morgan fingerprint density at radius 1 is 1.62 bits per heavy atom. The molecule has 0 saturated carbocycles. The van der Waals surface area contributed by atoms with Crippen LogP contribution in [0.3, 0.4) is 0 Å². The third-order valence-corrected chi connectivity index (χ3v) is 2.70. The quantitative estimate of drug-likeness (QED) is 0.820. The van der Waals surface area contributed by atoms with Crippen LogP contribution in [0.4, 0.5) is 0 Å². The first-order valence-electron chi connectivity index (χ1n) is 3.81. The van der Waals surface area contributed by atoms with E-state index in [1.807, 2.05) is 18.2 Å². The lowest BCUT2D eigenvalue weighted by molar-refractivity contribution is 0.204. The molecule has 13 heavy (non-hydrogen) atoms. The van der Waals surface area contributed by atoms with Gasteiger partial charge in [-0.25, -0.2) is 0 Å². The van der Waals surface area contributed by atoms with E-state index < -0.39 is 6.10 Å². The first-order valence-corrected chi connectivity index (χ1v) is 5.24. The molecule has 0 spiro atoms. The molecule has 0 aliphatic rings. The largest absolute Gasteiger partial charge is 0.496 e. The van der Waals surface area contributed by atoms with Gasteiger partial charge in [-0.2, -0.15) is 12.6 Å². The highest BCUT2D eigenvalue weighted by molar-refractivity contribution is 9.10. The van der Waals surface area contributed by atoms with E-state index in [1.54, 1.807) is 7.11 Å². The second-order valence-corrected chi connectivity index (χ2v) is 3.81. The van der Waals surface area contributed by atoms with Crippen molar-refractivity contribution in [3.05, 3.63) is 28.2 Å². The van der Waals surface area contributed by atoms with Gasteiger partial charge in [-0.05, 0) is 33.6 Å². The highest BCUT2D eigenvalue weighted by atomic mass is 79.9. The molecule has 0 fully saturated rings. The molecule has 0 amide bonds. The van der Waals surface area contributed by atoms with Gasteiger partial charge in [0.1, 0.15) is 5.75 Å². The van der Waals surface area contributed by atoms with Crippen molar-refractivity contribution in [3.8, 4) is 5.75 Å². The SMILES string of the molecule is COc1ccc(C(O)CS)cc1Br. The maximum atomic E-state index is 9.48. The van der Waals surface area contributed by atoms with Crippen LogP contribution < -0.4 is 4.74 Å². The van der Waals surface area contributed by atoms with Gasteiger partial charge in [0.05, 0.1) is 17.7 Å². The first kappa shape index (κ1) is 10.9. The molecule has 0 heterocycles. The topological polar surface area (TPSA) is 29.5 Å². The van der Waals surface area contributed by atoms with E-state index in [4.69, 9.17) is 4.74 Å². The highest BCUT2D eigenvalue weighted by Gasteiger charge is 2.07. The van der Waals surface area contributed by atoms with Gasteiger partial charge in [0, 0.05) is 5.75 Å². The molecule has 1 unspecified atom stereocenters. The Kier molecular flexibility index (Phi) is 4.09. The van der Waals surface area contributed by atoms with Crippen LogP contribution in [-0.4, -0.2) is 18.0 Å². The lowest BCUT2D eigenvalue weighted by atomic mass is 10.1. The van der Waals surface area contributed by atoms with Gasteiger partial charge in [0.2, 0.25) is 0 Å². The number of thiol groups is 1. The fourth-order valence-corrected chi connectivity index (χ4v) is 1.76. The van der Waals surface area contributed by atoms with E-state index in [2.05, 4.69) is 28.6 Å². The summed E-state index contributed by atoms with van der Waals surface area (Å²) >= 11 is 7.36. The van der Waals surface area contributed by atoms with Crippen molar-refractivity contribution in [3.63, 3.8) is 0 Å². The highest BCUT2D eigenvalue weighted by Crippen LogP contribution is 2.28. The molecule has 72 valence electrons. The number of rotatable bonds is 3. The van der Waals surface area contributed by atoms with Crippen LogP contribution in [0.25, 0.3) is 0 Å². The Morgan fingerprint density at radius 3 is 2.77 bits per heavy atom. The van der Waals surface area contributed by atoms with Crippen molar-refractivity contribution >= 4 is 28.6 Å². The van der Waals surface area contributed by atoms with Crippen molar-refractivity contribution in [2.24, 2.45) is 0 Å². The van der Waals surface area contributed by atoms with Gasteiger partial charge in [-0.3, -0.25) is 0 Å². The summed E-state index contributed by atoms with van der Waals surface area (Å²) in [5.41, 5.74) is 0.836. The normalized spacial score (nSPS) is 12.6. The van der Waals surface area contributed by atoms with Crippen molar-refractivity contribution < 1.29 is 9.84 Å². The molecular formula is C9H11BrO2S. The van der Waals surface area contributed by atoms with Crippen LogP contribution in [0.5, 0.6) is 5.75 Å². The van der Waals surface area contributed by atoms with Crippen molar-refractivity contribution in [2.45, 2.75) is 6.10 Å². The number of methoxy groups -OCH3 is 1. The summed E-state index contributed by atoms with van der Waals surface area (Å²) in [6, 6.07) is 5.47. The minimum Gasteiger partial charge on any atom is -0.496 e. The summed E-state index contributed by atoms with van der Waals surface area (Å²) in [5, 5.41) is 9.48. The lowest BCUT2D eigenvalue weighted by Crippen LogP contribution is -1.98. The number of ether oxygens (including phenoxy) is 1. The zero-order valence-corrected chi connectivity index (χ0v) is 9.68. The molecule has 0 bridgehead atoms. The van der Waals surface area contributed by atoms with E-state index >= 15 is 0 Å². The van der Waals surface area contributed by atoms with Crippen molar-refractivity contribution in [1.29, 1.82) is 0 Å². The first-order chi connectivity index (χ1) is 6.19. The Hall–Kier alpha value is -0.190. The van der Waals surface area contributed by atoms with Crippen LogP contribution in [0.15, 0.2) is 22.7 Å². The molecule has 4 heteroatoms. The number of benzene rings is 1. The monoisotopic (exact) mass is 262 g/mol. The molecule has 0 aliphatic heterocycles. The summed E-state index contributed by atoms with van der Waals surface area (Å²) in [4.78, 5) is 0. The van der Waals surface area contributed by atoms with Crippen LogP contribution in [-0.2, 0) is 0 Å². The van der Waals surface area contributed by atoms with E-state index in [0.29, 0.717) is 5.75 Å². The number of halogens is 1. The summed E-state index contributed by atoms with van der Waals surface area (Å²) in [7, 11) is 1.61. The summed E-state index contributed by atoms with van der Waals surface area (Å²) in [6.07, 6.45) is -0.523. The number of hydrogen-bond acceptors (Lipinski definition) is 3. The zero-order chi connectivity index (χ0) is 9.84. The molecule has 1 N–H and O–H groups in total. The van der Waals surface area contributed by atoms with Gasteiger partial charge < -0.3 is 9.84 Å². The van der Waals surface area contributed by atoms with E-state index in [0.717, 1.165) is 15.8 Å². The second-order valence-electron chi connectivity index (χ2n) is 2.59. The molecule has 1 atom stereocenters. The number of hydrogen-bond donors (Lipinski definition) is 2. The average Bonchev–Trinajstić information content (AvgIpc) is 2.16. The Balaban J connectivity index is 2.95. The molecule has 1 rings (SSSR count). The number of aliphatic hydroxyl groups excluding tert-OH is 1. The fraction of sp³-hybridized carbons (Fsp3) is 0.333. The average molecular weight is 263 g/mol.